The van der Waals surface area contributed by atoms with Crippen LogP contribution in [0.4, 0.5) is 0 Å². The van der Waals surface area contributed by atoms with Crippen LogP contribution in [0.1, 0.15) is 181 Å². The number of unbranched alkanes of at least 4 members (excludes halogenated alkanes) is 23. The molecule has 9 heteroatoms. The topological polar surface area (TPSA) is 117 Å². The van der Waals surface area contributed by atoms with Crippen LogP contribution in [-0.4, -0.2) is 49.9 Å². The molecule has 2 atom stereocenters. The minimum absolute atomic E-state index is 0.0908. The van der Waals surface area contributed by atoms with E-state index in [1.807, 2.05) is 0 Å². The molecule has 0 amide bonds. The Hall–Kier alpha value is -0.500. The van der Waals surface area contributed by atoms with Gasteiger partial charge in [0, 0.05) is 19.6 Å². The molecule has 0 fully saturated rings. The highest BCUT2D eigenvalue weighted by molar-refractivity contribution is 7.47. The molecule has 0 aromatic carbocycles. The average Bonchev–Trinajstić information content (AvgIpc) is 3.01. The van der Waals surface area contributed by atoms with Gasteiger partial charge >= 0.3 is 13.8 Å². The van der Waals surface area contributed by atoms with Crippen molar-refractivity contribution in [1.29, 1.82) is 0 Å². The number of hydrogen-bond donors (Lipinski definition) is 2. The Morgan fingerprint density at radius 1 is 0.591 bits per heavy atom. The summed E-state index contributed by atoms with van der Waals surface area (Å²) in [6.07, 6.45) is 31.2. The smallest absolute Gasteiger partial charge is 0.457 e. The standard InChI is InChI=1S/C35H72NO7P/c1-3-5-7-9-11-13-14-15-16-17-18-19-20-21-22-24-26-28-35(37)43-34(33-42-44(38,39)41-31-29-36)32-40-30-27-25-23-12-10-8-6-4-2/h34H,3-33,36H2,1-2H3,(H,38,39). The molecule has 264 valence electrons. The van der Waals surface area contributed by atoms with E-state index >= 15 is 0 Å². The molecule has 0 spiro atoms. The zero-order valence-electron chi connectivity index (χ0n) is 28.9. The summed E-state index contributed by atoms with van der Waals surface area (Å²) < 4.78 is 33.2. The quantitative estimate of drug-likeness (QED) is 0.0391. The van der Waals surface area contributed by atoms with Crippen LogP contribution in [0.5, 0.6) is 0 Å². The highest BCUT2D eigenvalue weighted by Gasteiger charge is 2.25. The summed E-state index contributed by atoms with van der Waals surface area (Å²) in [7, 11) is -4.25. The molecule has 0 bridgehead atoms. The van der Waals surface area contributed by atoms with Crippen LogP contribution in [0.25, 0.3) is 0 Å². The third-order valence-electron chi connectivity index (χ3n) is 8.02. The van der Waals surface area contributed by atoms with Crippen molar-refractivity contribution < 1.29 is 32.8 Å². The second-order valence-electron chi connectivity index (χ2n) is 12.5. The van der Waals surface area contributed by atoms with Gasteiger partial charge in [0.1, 0.15) is 6.10 Å². The fraction of sp³-hybridized carbons (Fsp3) is 0.971. The summed E-state index contributed by atoms with van der Waals surface area (Å²) >= 11 is 0. The Morgan fingerprint density at radius 3 is 1.43 bits per heavy atom. The van der Waals surface area contributed by atoms with Crippen molar-refractivity contribution in [2.24, 2.45) is 5.73 Å². The molecule has 0 saturated heterocycles. The Bertz CT molecular complexity index is 653. The van der Waals surface area contributed by atoms with E-state index < -0.39 is 13.9 Å². The van der Waals surface area contributed by atoms with Crippen LogP contribution in [0, 0.1) is 0 Å². The SMILES string of the molecule is CCCCCCCCCCCCCCCCCCCC(=O)OC(COCCCCCCCCCC)COP(=O)(O)OCCN. The first-order valence-electron chi connectivity index (χ1n) is 18.5. The molecule has 0 heterocycles. The number of ether oxygens (including phenoxy) is 2. The summed E-state index contributed by atoms with van der Waals surface area (Å²) in [4.78, 5) is 22.3. The number of carbonyl (C=O) groups is 1. The van der Waals surface area contributed by atoms with Crippen molar-refractivity contribution >= 4 is 13.8 Å². The maximum absolute atomic E-state index is 12.5. The Balaban J connectivity index is 3.98. The summed E-state index contributed by atoms with van der Waals surface area (Å²) in [5.41, 5.74) is 5.34. The van der Waals surface area contributed by atoms with Crippen LogP contribution in [-0.2, 0) is 27.9 Å². The molecular formula is C35H72NO7P. The second kappa shape index (κ2) is 33.9. The van der Waals surface area contributed by atoms with E-state index in [0.717, 1.165) is 32.1 Å². The van der Waals surface area contributed by atoms with Crippen LogP contribution in [0.2, 0.25) is 0 Å². The lowest BCUT2D eigenvalue weighted by Gasteiger charge is -2.20. The van der Waals surface area contributed by atoms with Gasteiger partial charge in [0.2, 0.25) is 0 Å². The average molecular weight is 650 g/mol. The Labute approximate surface area is 271 Å². The zero-order chi connectivity index (χ0) is 32.4. The minimum atomic E-state index is -4.25. The molecule has 0 aliphatic rings. The van der Waals surface area contributed by atoms with Gasteiger partial charge in [0.15, 0.2) is 0 Å². The van der Waals surface area contributed by atoms with Crippen molar-refractivity contribution in [2.45, 2.75) is 187 Å². The molecule has 0 aliphatic heterocycles. The summed E-state index contributed by atoms with van der Waals surface area (Å²) in [5.74, 6) is -0.328. The second-order valence-corrected chi connectivity index (χ2v) is 13.9. The lowest BCUT2D eigenvalue weighted by Crippen LogP contribution is -2.28. The van der Waals surface area contributed by atoms with E-state index in [1.54, 1.807) is 0 Å². The maximum atomic E-state index is 12.5. The van der Waals surface area contributed by atoms with E-state index in [0.29, 0.717) is 13.0 Å². The minimum Gasteiger partial charge on any atom is -0.457 e. The molecule has 8 nitrogen and oxygen atoms in total. The molecule has 0 aromatic rings. The molecule has 0 aliphatic carbocycles. The van der Waals surface area contributed by atoms with Crippen LogP contribution >= 0.6 is 7.82 Å². The highest BCUT2D eigenvalue weighted by atomic mass is 31.2. The van der Waals surface area contributed by atoms with Crippen molar-refractivity contribution in [1.82, 2.24) is 0 Å². The van der Waals surface area contributed by atoms with Gasteiger partial charge in [-0.3, -0.25) is 13.8 Å². The number of esters is 1. The summed E-state index contributed by atoms with van der Waals surface area (Å²) in [6.45, 7) is 4.93. The van der Waals surface area contributed by atoms with Crippen molar-refractivity contribution in [3.05, 3.63) is 0 Å². The van der Waals surface area contributed by atoms with E-state index in [-0.39, 0.29) is 32.3 Å². The number of rotatable bonds is 36. The van der Waals surface area contributed by atoms with Gasteiger partial charge in [-0.2, -0.15) is 0 Å². The number of phosphoric ester groups is 1. The molecule has 44 heavy (non-hydrogen) atoms. The van der Waals surface area contributed by atoms with E-state index in [4.69, 9.17) is 24.3 Å². The molecule has 2 unspecified atom stereocenters. The molecule has 3 N–H and O–H groups in total. The number of phosphoric acid groups is 1. The zero-order valence-corrected chi connectivity index (χ0v) is 29.8. The Morgan fingerprint density at radius 2 is 1.00 bits per heavy atom. The highest BCUT2D eigenvalue weighted by Crippen LogP contribution is 2.43. The summed E-state index contributed by atoms with van der Waals surface area (Å²) in [5, 5.41) is 0. The third kappa shape index (κ3) is 32.9. The lowest BCUT2D eigenvalue weighted by atomic mass is 10.0. The first-order chi connectivity index (χ1) is 21.4. The monoisotopic (exact) mass is 650 g/mol. The van der Waals surface area contributed by atoms with Gasteiger partial charge in [0.25, 0.3) is 0 Å². The number of hydrogen-bond acceptors (Lipinski definition) is 7. The predicted octanol–water partition coefficient (Wildman–Crippen LogP) is 10.2. The fourth-order valence-electron chi connectivity index (χ4n) is 5.29. The van der Waals surface area contributed by atoms with Crippen molar-refractivity contribution in [3.8, 4) is 0 Å². The Kier molecular flexibility index (Phi) is 33.5. The fourth-order valence-corrected chi connectivity index (χ4v) is 6.06. The maximum Gasteiger partial charge on any atom is 0.472 e. The first kappa shape index (κ1) is 43.5. The largest absolute Gasteiger partial charge is 0.472 e. The lowest BCUT2D eigenvalue weighted by molar-refractivity contribution is -0.154. The van der Waals surface area contributed by atoms with Crippen molar-refractivity contribution in [3.63, 3.8) is 0 Å². The van der Waals surface area contributed by atoms with Gasteiger partial charge in [-0.05, 0) is 12.8 Å². The van der Waals surface area contributed by atoms with E-state index in [2.05, 4.69) is 13.8 Å². The van der Waals surface area contributed by atoms with Crippen molar-refractivity contribution in [2.75, 3.05) is 33.0 Å². The summed E-state index contributed by atoms with van der Waals surface area (Å²) in [6, 6.07) is 0. The van der Waals surface area contributed by atoms with E-state index in [1.165, 1.54) is 128 Å². The van der Waals surface area contributed by atoms with Gasteiger partial charge < -0.3 is 20.1 Å². The molecular weight excluding hydrogens is 577 g/mol. The van der Waals surface area contributed by atoms with Crippen LogP contribution < -0.4 is 5.73 Å². The normalized spacial score (nSPS) is 13.6. The van der Waals surface area contributed by atoms with Crippen LogP contribution in [0.15, 0.2) is 0 Å². The first-order valence-corrected chi connectivity index (χ1v) is 20.0. The van der Waals surface area contributed by atoms with Crippen LogP contribution in [0.3, 0.4) is 0 Å². The van der Waals surface area contributed by atoms with Gasteiger partial charge in [0.05, 0.1) is 19.8 Å². The number of nitrogens with two attached hydrogens (primary N) is 1. The molecule has 0 aromatic heterocycles. The van der Waals surface area contributed by atoms with Gasteiger partial charge in [-0.1, -0.05) is 162 Å². The third-order valence-corrected chi connectivity index (χ3v) is 9.01. The molecule has 0 saturated carbocycles. The van der Waals surface area contributed by atoms with Gasteiger partial charge in [-0.25, -0.2) is 4.57 Å². The predicted molar refractivity (Wildman–Crippen MR) is 183 cm³/mol. The van der Waals surface area contributed by atoms with Gasteiger partial charge in [-0.15, -0.1) is 0 Å². The molecule has 0 radical (unpaired) electrons. The van der Waals surface area contributed by atoms with E-state index in [9.17, 15) is 14.3 Å². The molecule has 0 rings (SSSR count). The number of carbonyl (C=O) groups excluding carboxylic acids is 1.